The fraction of sp³-hybridized carbons (Fsp3) is 0.562. The molecule has 2 saturated heterocycles. The van der Waals surface area contributed by atoms with Crippen molar-refractivity contribution in [2.24, 2.45) is 5.41 Å². The van der Waals surface area contributed by atoms with E-state index in [0.29, 0.717) is 11.1 Å². The van der Waals surface area contributed by atoms with Gasteiger partial charge in [0.15, 0.2) is 0 Å². The molecule has 0 radical (unpaired) electrons. The number of piperidine rings is 1. The van der Waals surface area contributed by atoms with Crippen molar-refractivity contribution in [1.29, 1.82) is 0 Å². The van der Waals surface area contributed by atoms with Gasteiger partial charge in [0.1, 0.15) is 5.69 Å². The average molecular weight is 318 g/mol. The molecule has 2 fully saturated rings. The van der Waals surface area contributed by atoms with E-state index in [1.54, 1.807) is 18.2 Å². The third kappa shape index (κ3) is 3.44. The predicted molar refractivity (Wildman–Crippen MR) is 87.3 cm³/mol. The number of hydrogen-bond donors (Lipinski definition) is 2. The molecule has 1 spiro atoms. The van der Waals surface area contributed by atoms with Gasteiger partial charge < -0.3 is 15.5 Å². The molecule has 0 unspecified atom stereocenters. The second-order valence-corrected chi connectivity index (χ2v) is 6.44. The van der Waals surface area contributed by atoms with Gasteiger partial charge in [0.05, 0.1) is 11.5 Å². The number of rotatable bonds is 4. The van der Waals surface area contributed by atoms with Gasteiger partial charge in [-0.1, -0.05) is 12.1 Å². The summed E-state index contributed by atoms with van der Waals surface area (Å²) in [5.74, 6) is 0.00366. The van der Waals surface area contributed by atoms with Gasteiger partial charge in [-0.05, 0) is 37.3 Å². The third-order valence-corrected chi connectivity index (χ3v) is 5.04. The predicted octanol–water partition coefficient (Wildman–Crippen LogP) is 1.61. The number of amides is 1. The molecule has 0 aliphatic carbocycles. The molecule has 1 amide bonds. The van der Waals surface area contributed by atoms with Gasteiger partial charge in [-0.15, -0.1) is 0 Å². The van der Waals surface area contributed by atoms with Crippen molar-refractivity contribution in [2.75, 3.05) is 38.0 Å². The Balaban J connectivity index is 1.53. The Bertz CT molecular complexity index is 589. The smallest absolute Gasteiger partial charge is 0.292 e. The SMILES string of the molecule is O=C(CNc1ccccc1[N+](=O)[O-])N1CCC2(CCNC2)CC1. The van der Waals surface area contributed by atoms with Gasteiger partial charge in [0.2, 0.25) is 5.91 Å². The molecular weight excluding hydrogens is 296 g/mol. The van der Waals surface area contributed by atoms with E-state index in [1.807, 2.05) is 4.90 Å². The molecule has 124 valence electrons. The van der Waals surface area contributed by atoms with Crippen LogP contribution in [0.4, 0.5) is 11.4 Å². The molecule has 1 aromatic rings. The number of carbonyl (C=O) groups is 1. The van der Waals surface area contributed by atoms with E-state index in [1.165, 1.54) is 12.5 Å². The molecular formula is C16H22N4O3. The van der Waals surface area contributed by atoms with Gasteiger partial charge in [0.25, 0.3) is 5.69 Å². The summed E-state index contributed by atoms with van der Waals surface area (Å²) in [6.45, 7) is 3.78. The minimum Gasteiger partial charge on any atom is -0.371 e. The maximum atomic E-state index is 12.3. The highest BCUT2D eigenvalue weighted by atomic mass is 16.6. The molecule has 0 saturated carbocycles. The van der Waals surface area contributed by atoms with E-state index in [0.717, 1.165) is 39.0 Å². The fourth-order valence-electron chi connectivity index (χ4n) is 3.52. The van der Waals surface area contributed by atoms with E-state index in [4.69, 9.17) is 0 Å². The summed E-state index contributed by atoms with van der Waals surface area (Å²) >= 11 is 0. The van der Waals surface area contributed by atoms with Crippen LogP contribution in [-0.2, 0) is 4.79 Å². The number of anilines is 1. The van der Waals surface area contributed by atoms with Crippen LogP contribution in [0.3, 0.4) is 0 Å². The first-order valence-corrected chi connectivity index (χ1v) is 8.05. The van der Waals surface area contributed by atoms with Crippen LogP contribution in [0.5, 0.6) is 0 Å². The topological polar surface area (TPSA) is 87.5 Å². The van der Waals surface area contributed by atoms with E-state index in [-0.39, 0.29) is 18.1 Å². The average Bonchev–Trinajstić information content (AvgIpc) is 3.01. The van der Waals surface area contributed by atoms with Gasteiger partial charge in [0, 0.05) is 25.7 Å². The molecule has 0 atom stereocenters. The standard InChI is InChI=1S/C16H22N4O3/c21-15(11-18-13-3-1-2-4-14(13)20(22)23)19-9-6-16(7-10-19)5-8-17-12-16/h1-4,17-18H,5-12H2. The quantitative estimate of drug-likeness (QED) is 0.650. The van der Waals surface area contributed by atoms with Gasteiger partial charge in [-0.3, -0.25) is 14.9 Å². The molecule has 3 rings (SSSR count). The molecule has 1 aromatic carbocycles. The lowest BCUT2D eigenvalue weighted by atomic mass is 9.78. The molecule has 2 N–H and O–H groups in total. The maximum absolute atomic E-state index is 12.3. The molecule has 23 heavy (non-hydrogen) atoms. The molecule has 0 aromatic heterocycles. The first-order chi connectivity index (χ1) is 11.1. The molecule has 2 aliphatic heterocycles. The molecule has 7 nitrogen and oxygen atoms in total. The number of para-hydroxylation sites is 2. The highest BCUT2D eigenvalue weighted by Gasteiger charge is 2.37. The summed E-state index contributed by atoms with van der Waals surface area (Å²) in [5.41, 5.74) is 0.761. The van der Waals surface area contributed by atoms with Crippen LogP contribution in [-0.4, -0.2) is 48.5 Å². The number of nitrogens with one attached hydrogen (secondary N) is 2. The van der Waals surface area contributed by atoms with Crippen LogP contribution in [0.25, 0.3) is 0 Å². The van der Waals surface area contributed by atoms with Crippen molar-refractivity contribution in [3.05, 3.63) is 34.4 Å². The van der Waals surface area contributed by atoms with Crippen LogP contribution >= 0.6 is 0 Å². The number of nitro groups is 1. The van der Waals surface area contributed by atoms with Crippen molar-refractivity contribution < 1.29 is 9.72 Å². The third-order valence-electron chi connectivity index (χ3n) is 5.04. The fourth-order valence-corrected chi connectivity index (χ4v) is 3.52. The van der Waals surface area contributed by atoms with Gasteiger partial charge in [-0.2, -0.15) is 0 Å². The molecule has 2 aliphatic rings. The lowest BCUT2D eigenvalue weighted by molar-refractivity contribution is -0.383. The summed E-state index contributed by atoms with van der Waals surface area (Å²) in [6, 6.07) is 6.40. The number of hydrogen-bond acceptors (Lipinski definition) is 5. The number of carbonyl (C=O) groups excluding carboxylic acids is 1. The highest BCUT2D eigenvalue weighted by Crippen LogP contribution is 2.36. The molecule has 2 heterocycles. The van der Waals surface area contributed by atoms with Crippen LogP contribution < -0.4 is 10.6 Å². The van der Waals surface area contributed by atoms with Crippen molar-refractivity contribution >= 4 is 17.3 Å². The largest absolute Gasteiger partial charge is 0.371 e. The summed E-state index contributed by atoms with van der Waals surface area (Å²) in [7, 11) is 0. The van der Waals surface area contributed by atoms with Crippen LogP contribution in [0, 0.1) is 15.5 Å². The zero-order chi connectivity index (χ0) is 16.3. The van der Waals surface area contributed by atoms with Crippen LogP contribution in [0.15, 0.2) is 24.3 Å². The lowest BCUT2D eigenvalue weighted by Gasteiger charge is -2.38. The Morgan fingerprint density at radius 3 is 2.70 bits per heavy atom. The Morgan fingerprint density at radius 1 is 1.30 bits per heavy atom. The van der Waals surface area contributed by atoms with E-state index >= 15 is 0 Å². The Morgan fingerprint density at radius 2 is 2.04 bits per heavy atom. The molecule has 7 heteroatoms. The summed E-state index contributed by atoms with van der Waals surface area (Å²) < 4.78 is 0. The Labute approximate surface area is 135 Å². The number of nitro benzene ring substituents is 1. The monoisotopic (exact) mass is 318 g/mol. The van der Waals surface area contributed by atoms with Crippen molar-refractivity contribution in [3.8, 4) is 0 Å². The van der Waals surface area contributed by atoms with Crippen molar-refractivity contribution in [1.82, 2.24) is 10.2 Å². The minimum atomic E-state index is -0.440. The zero-order valence-electron chi connectivity index (χ0n) is 13.1. The molecule has 0 bridgehead atoms. The van der Waals surface area contributed by atoms with Gasteiger partial charge >= 0.3 is 0 Å². The number of benzene rings is 1. The lowest BCUT2D eigenvalue weighted by Crippen LogP contribution is -2.45. The first-order valence-electron chi connectivity index (χ1n) is 8.05. The Kier molecular flexibility index (Phi) is 4.47. The van der Waals surface area contributed by atoms with E-state index < -0.39 is 4.92 Å². The first kappa shape index (κ1) is 15.7. The van der Waals surface area contributed by atoms with Crippen molar-refractivity contribution in [2.45, 2.75) is 19.3 Å². The normalized spacial score (nSPS) is 19.7. The maximum Gasteiger partial charge on any atom is 0.292 e. The van der Waals surface area contributed by atoms with Crippen molar-refractivity contribution in [3.63, 3.8) is 0 Å². The summed E-state index contributed by atoms with van der Waals surface area (Å²) in [4.78, 5) is 24.7. The van der Waals surface area contributed by atoms with E-state index in [9.17, 15) is 14.9 Å². The number of likely N-dealkylation sites (tertiary alicyclic amines) is 1. The highest BCUT2D eigenvalue weighted by molar-refractivity contribution is 5.82. The zero-order valence-corrected chi connectivity index (χ0v) is 13.1. The second-order valence-electron chi connectivity index (χ2n) is 6.44. The second kappa shape index (κ2) is 6.54. The van der Waals surface area contributed by atoms with E-state index in [2.05, 4.69) is 10.6 Å². The van der Waals surface area contributed by atoms with Crippen LogP contribution in [0.2, 0.25) is 0 Å². The summed E-state index contributed by atoms with van der Waals surface area (Å²) in [5, 5.41) is 17.3. The Hall–Kier alpha value is -2.15. The van der Waals surface area contributed by atoms with Gasteiger partial charge in [-0.25, -0.2) is 0 Å². The summed E-state index contributed by atoms with van der Waals surface area (Å²) in [6.07, 6.45) is 3.28. The number of nitrogens with zero attached hydrogens (tertiary/aromatic N) is 2. The van der Waals surface area contributed by atoms with Crippen LogP contribution in [0.1, 0.15) is 19.3 Å². The minimum absolute atomic E-state index is 0.00366.